The molecule has 2 aromatic heterocycles. The second-order valence-corrected chi connectivity index (χ2v) is 14.3. The molecule has 0 atom stereocenters. The molecule has 3 N–H and O–H groups in total. The summed E-state index contributed by atoms with van der Waals surface area (Å²) < 4.78 is 24.9. The Morgan fingerprint density at radius 2 is 1.51 bits per heavy atom. The van der Waals surface area contributed by atoms with Gasteiger partial charge in [-0.25, -0.2) is 14.8 Å². The van der Waals surface area contributed by atoms with Crippen LogP contribution in [0.4, 0.5) is 10.6 Å². The molecule has 0 radical (unpaired) electrons. The van der Waals surface area contributed by atoms with Gasteiger partial charge in [-0.2, -0.15) is 0 Å². The molecule has 2 fully saturated rings. The van der Waals surface area contributed by atoms with E-state index in [-0.39, 0.29) is 0 Å². The number of alkyl carbamates (subject to hydrolysis) is 1. The maximum atomic E-state index is 11.7. The predicted molar refractivity (Wildman–Crippen MR) is 199 cm³/mol. The van der Waals surface area contributed by atoms with Crippen molar-refractivity contribution in [3.8, 4) is 22.6 Å². The molecule has 1 amide bonds. The molecule has 1 saturated heterocycles. The largest absolute Gasteiger partial charge is 0.457 e. The summed E-state index contributed by atoms with van der Waals surface area (Å²) >= 11 is 0. The number of hydrogen-bond donors (Lipinski definition) is 2. The van der Waals surface area contributed by atoms with Gasteiger partial charge in [-0.15, -0.1) is 0 Å². The highest BCUT2D eigenvalue weighted by Crippen LogP contribution is 2.39. The Bertz CT molecular complexity index is 1680. The molecule has 274 valence electrons. The minimum Gasteiger partial charge on any atom is -0.457 e. The van der Waals surface area contributed by atoms with Gasteiger partial charge in [-0.05, 0) is 76.3 Å². The lowest BCUT2D eigenvalue weighted by molar-refractivity contribution is 0.0234. The van der Waals surface area contributed by atoms with Crippen LogP contribution in [0.2, 0.25) is 0 Å². The maximum absolute atomic E-state index is 11.7. The van der Waals surface area contributed by atoms with Crippen LogP contribution in [0.15, 0.2) is 67.1 Å². The number of carbonyl (C=O) groups is 1. The van der Waals surface area contributed by atoms with Crippen LogP contribution in [-0.4, -0.2) is 108 Å². The first-order valence-electron chi connectivity index (χ1n) is 18.3. The third-order valence-corrected chi connectivity index (χ3v) is 9.60. The number of fused-ring (bicyclic) bond motifs is 1. The summed E-state index contributed by atoms with van der Waals surface area (Å²) in [6, 6.07) is 18.9. The second-order valence-electron chi connectivity index (χ2n) is 14.3. The molecule has 12 heteroatoms. The first-order valence-corrected chi connectivity index (χ1v) is 18.3. The van der Waals surface area contributed by atoms with Crippen LogP contribution in [0.25, 0.3) is 22.2 Å². The van der Waals surface area contributed by atoms with Gasteiger partial charge in [-0.1, -0.05) is 30.3 Å². The molecule has 0 spiro atoms. The quantitative estimate of drug-likeness (QED) is 0.148. The summed E-state index contributed by atoms with van der Waals surface area (Å²) in [6.45, 7) is 13.3. The van der Waals surface area contributed by atoms with E-state index in [4.69, 9.17) is 29.7 Å². The van der Waals surface area contributed by atoms with Crippen molar-refractivity contribution in [3.63, 3.8) is 0 Å². The molecule has 2 aromatic carbocycles. The van der Waals surface area contributed by atoms with Crippen LogP contribution in [-0.2, 0) is 14.2 Å². The van der Waals surface area contributed by atoms with Gasteiger partial charge >= 0.3 is 6.09 Å². The number of rotatable bonds is 14. The maximum Gasteiger partial charge on any atom is 0.407 e. The Morgan fingerprint density at radius 1 is 0.843 bits per heavy atom. The SMILES string of the molecule is CC(C)(C)OC(=O)NCCOCCOCCN1CCN(C2CCC(n3cc(-c4ccc(Oc5ccccc5)cc4)c4c(N)ncnc43)CC2)CC1. The highest BCUT2D eigenvalue weighted by atomic mass is 16.6. The monoisotopic (exact) mass is 699 g/mol. The number of nitrogens with one attached hydrogen (secondary N) is 1. The van der Waals surface area contributed by atoms with E-state index >= 15 is 0 Å². The Kier molecular flexibility index (Phi) is 12.4. The van der Waals surface area contributed by atoms with E-state index in [1.54, 1.807) is 6.33 Å². The summed E-state index contributed by atoms with van der Waals surface area (Å²) in [7, 11) is 0. The van der Waals surface area contributed by atoms with Crippen molar-refractivity contribution in [1.29, 1.82) is 0 Å². The van der Waals surface area contributed by atoms with Crippen LogP contribution >= 0.6 is 0 Å². The minimum atomic E-state index is -0.502. The summed E-state index contributed by atoms with van der Waals surface area (Å²) in [5.74, 6) is 2.10. The van der Waals surface area contributed by atoms with E-state index in [0.717, 1.165) is 79.2 Å². The van der Waals surface area contributed by atoms with Crippen LogP contribution in [0.5, 0.6) is 11.5 Å². The normalized spacial score (nSPS) is 18.9. The number of ether oxygens (including phenoxy) is 4. The Morgan fingerprint density at radius 3 is 2.22 bits per heavy atom. The minimum absolute atomic E-state index is 0.371. The van der Waals surface area contributed by atoms with Crippen molar-refractivity contribution in [1.82, 2.24) is 29.7 Å². The van der Waals surface area contributed by atoms with Crippen molar-refractivity contribution in [2.75, 3.05) is 71.4 Å². The lowest BCUT2D eigenvalue weighted by atomic mass is 9.89. The van der Waals surface area contributed by atoms with Gasteiger partial charge in [0.15, 0.2) is 0 Å². The molecule has 6 rings (SSSR count). The van der Waals surface area contributed by atoms with Gasteiger partial charge < -0.3 is 34.6 Å². The Balaban J connectivity index is 0.918. The molecular formula is C39H53N7O5. The number of nitrogen functional groups attached to an aromatic ring is 1. The average molecular weight is 700 g/mol. The zero-order chi connectivity index (χ0) is 35.6. The number of piperazine rings is 1. The molecule has 1 saturated carbocycles. The topological polar surface area (TPSA) is 129 Å². The molecule has 0 bridgehead atoms. The van der Waals surface area contributed by atoms with Gasteiger partial charge in [0.2, 0.25) is 0 Å². The van der Waals surface area contributed by atoms with Crippen molar-refractivity contribution < 1.29 is 23.7 Å². The van der Waals surface area contributed by atoms with Gasteiger partial charge in [-0.3, -0.25) is 9.80 Å². The first kappa shape index (κ1) is 36.6. The molecule has 3 heterocycles. The van der Waals surface area contributed by atoms with E-state index in [9.17, 15) is 4.79 Å². The van der Waals surface area contributed by atoms with Crippen molar-refractivity contribution >= 4 is 22.9 Å². The van der Waals surface area contributed by atoms with E-state index in [1.165, 1.54) is 12.8 Å². The fraction of sp³-hybridized carbons (Fsp3) is 0.513. The van der Waals surface area contributed by atoms with E-state index in [1.807, 2.05) is 63.2 Å². The molecule has 4 aromatic rings. The van der Waals surface area contributed by atoms with E-state index < -0.39 is 11.7 Å². The number of para-hydroxylation sites is 1. The molecular weight excluding hydrogens is 646 g/mol. The number of anilines is 1. The standard InChI is InChI=1S/C39H53N7O5/c1-39(2,3)51-38(47)41-17-23-48-25-26-49-24-22-44-18-20-45(21-19-44)30-11-13-31(14-12-30)46-27-34(35-36(40)42-28-43-37(35)46)29-9-15-33(16-10-29)50-32-7-5-4-6-8-32/h4-10,15-16,27-28,30-31H,11-14,17-26H2,1-3H3,(H,41,47)(H2,40,42,43). The number of hydrogen-bond acceptors (Lipinski definition) is 10. The highest BCUT2D eigenvalue weighted by molar-refractivity contribution is 6.00. The Labute approximate surface area is 301 Å². The van der Waals surface area contributed by atoms with Gasteiger partial charge in [0.1, 0.15) is 34.9 Å². The van der Waals surface area contributed by atoms with Crippen molar-refractivity contribution in [2.24, 2.45) is 0 Å². The summed E-state index contributed by atoms with van der Waals surface area (Å²) in [4.78, 5) is 25.9. The molecule has 1 aliphatic heterocycles. The van der Waals surface area contributed by atoms with Crippen molar-refractivity contribution in [3.05, 3.63) is 67.1 Å². The smallest absolute Gasteiger partial charge is 0.407 e. The number of nitrogens with two attached hydrogens (primary N) is 1. The fourth-order valence-electron chi connectivity index (χ4n) is 7.04. The van der Waals surface area contributed by atoms with Gasteiger partial charge in [0.25, 0.3) is 0 Å². The predicted octanol–water partition coefficient (Wildman–Crippen LogP) is 6.13. The summed E-state index contributed by atoms with van der Waals surface area (Å²) in [6.07, 6.45) is 7.93. The number of aromatic nitrogens is 3. The zero-order valence-electron chi connectivity index (χ0n) is 30.3. The van der Waals surface area contributed by atoms with Crippen LogP contribution < -0.4 is 15.8 Å². The second kappa shape index (κ2) is 17.3. The first-order chi connectivity index (χ1) is 24.7. The lowest BCUT2D eigenvalue weighted by Crippen LogP contribution is -2.51. The molecule has 0 unspecified atom stereocenters. The fourth-order valence-corrected chi connectivity index (χ4v) is 7.04. The number of nitrogens with zero attached hydrogens (tertiary/aromatic N) is 5. The number of carbonyl (C=O) groups excluding carboxylic acids is 1. The molecule has 1 aliphatic carbocycles. The Hall–Kier alpha value is -4.23. The highest BCUT2D eigenvalue weighted by Gasteiger charge is 2.30. The number of amides is 1. The summed E-state index contributed by atoms with van der Waals surface area (Å²) in [5.41, 5.74) is 8.98. The lowest BCUT2D eigenvalue weighted by Gasteiger charge is -2.42. The summed E-state index contributed by atoms with van der Waals surface area (Å²) in [5, 5.41) is 3.61. The van der Waals surface area contributed by atoms with E-state index in [2.05, 4.69) is 43.0 Å². The number of benzene rings is 2. The third kappa shape index (κ3) is 10.2. The third-order valence-electron chi connectivity index (χ3n) is 9.60. The van der Waals surface area contributed by atoms with E-state index in [0.29, 0.717) is 50.9 Å². The van der Waals surface area contributed by atoms with Crippen LogP contribution in [0, 0.1) is 0 Å². The molecule has 12 nitrogen and oxygen atoms in total. The van der Waals surface area contributed by atoms with Crippen LogP contribution in [0.3, 0.4) is 0 Å². The van der Waals surface area contributed by atoms with Crippen molar-refractivity contribution in [2.45, 2.75) is 64.1 Å². The zero-order valence-corrected chi connectivity index (χ0v) is 30.3. The van der Waals surface area contributed by atoms with Gasteiger partial charge in [0.05, 0.1) is 31.8 Å². The van der Waals surface area contributed by atoms with Gasteiger partial charge in [0, 0.05) is 63.1 Å². The van der Waals surface area contributed by atoms with Crippen LogP contribution in [0.1, 0.15) is 52.5 Å². The molecule has 51 heavy (non-hydrogen) atoms. The molecule has 2 aliphatic rings. The average Bonchev–Trinajstić information content (AvgIpc) is 3.52.